The number of nitrogens with one attached hydrogen (secondary N) is 2. The van der Waals surface area contributed by atoms with Gasteiger partial charge in [-0.15, -0.1) is 0 Å². The Hall–Kier alpha value is -2.37. The van der Waals surface area contributed by atoms with E-state index in [0.29, 0.717) is 18.9 Å². The maximum absolute atomic E-state index is 12.1. The van der Waals surface area contributed by atoms with Crippen molar-refractivity contribution >= 4 is 11.7 Å². The monoisotopic (exact) mass is 328 g/mol. The van der Waals surface area contributed by atoms with Gasteiger partial charge in [-0.3, -0.25) is 0 Å². The zero-order chi connectivity index (χ0) is 17.4. The summed E-state index contributed by atoms with van der Waals surface area (Å²) < 4.78 is 5.40. The van der Waals surface area contributed by atoms with Crippen molar-refractivity contribution in [3.63, 3.8) is 0 Å². The van der Waals surface area contributed by atoms with Gasteiger partial charge in [0.1, 0.15) is 5.60 Å². The Balaban J connectivity index is 1.94. The molecule has 0 heterocycles. The molecule has 0 bridgehead atoms. The first-order valence-electron chi connectivity index (χ1n) is 8.01. The fraction of sp³-hybridized carbons (Fsp3) is 0.316. The number of urea groups is 1. The summed E-state index contributed by atoms with van der Waals surface area (Å²) in [5.74, 6) is 0. The predicted octanol–water partition coefficient (Wildman–Crippen LogP) is 3.25. The van der Waals surface area contributed by atoms with Crippen LogP contribution >= 0.6 is 0 Å². The van der Waals surface area contributed by atoms with Gasteiger partial charge in [0, 0.05) is 17.9 Å². The molecule has 2 aromatic rings. The van der Waals surface area contributed by atoms with Crippen LogP contribution in [0.15, 0.2) is 54.6 Å². The first kappa shape index (κ1) is 18.0. The van der Waals surface area contributed by atoms with E-state index in [4.69, 9.17) is 4.74 Å². The average molecular weight is 328 g/mol. The van der Waals surface area contributed by atoms with Gasteiger partial charge in [0.2, 0.25) is 0 Å². The molecule has 0 fully saturated rings. The van der Waals surface area contributed by atoms with E-state index in [1.165, 1.54) is 0 Å². The second-order valence-corrected chi connectivity index (χ2v) is 5.74. The lowest BCUT2D eigenvalue weighted by atomic mass is 9.96. The van der Waals surface area contributed by atoms with Gasteiger partial charge in [-0.05, 0) is 25.5 Å². The number of hydrogen-bond acceptors (Lipinski definition) is 3. The Bertz CT molecular complexity index is 657. The highest BCUT2D eigenvalue weighted by Crippen LogP contribution is 2.19. The standard InChI is InChI=1S/C19H24N2O3/c1-3-24-13-15-9-7-8-12-17(15)21-18(22)20-14-19(2,23)16-10-5-4-6-11-16/h4-12,23H,3,13-14H2,1-2H3,(H2,20,21,22). The molecule has 2 aromatic carbocycles. The number of para-hydroxylation sites is 1. The van der Waals surface area contributed by atoms with Gasteiger partial charge in [0.25, 0.3) is 0 Å². The van der Waals surface area contributed by atoms with E-state index in [0.717, 1.165) is 11.1 Å². The maximum Gasteiger partial charge on any atom is 0.319 e. The van der Waals surface area contributed by atoms with Gasteiger partial charge in [-0.1, -0.05) is 48.5 Å². The van der Waals surface area contributed by atoms with Crippen molar-refractivity contribution in [3.05, 3.63) is 65.7 Å². The van der Waals surface area contributed by atoms with Crippen molar-refractivity contribution in [2.75, 3.05) is 18.5 Å². The molecule has 0 saturated heterocycles. The molecular formula is C19H24N2O3. The van der Waals surface area contributed by atoms with Crippen LogP contribution in [0.1, 0.15) is 25.0 Å². The average Bonchev–Trinajstić information content (AvgIpc) is 2.60. The molecule has 2 rings (SSSR count). The van der Waals surface area contributed by atoms with Gasteiger partial charge in [0.15, 0.2) is 0 Å². The van der Waals surface area contributed by atoms with E-state index in [-0.39, 0.29) is 12.6 Å². The third-order valence-corrected chi connectivity index (χ3v) is 3.72. The Kier molecular flexibility index (Phi) is 6.35. The van der Waals surface area contributed by atoms with Crippen LogP contribution < -0.4 is 10.6 Å². The van der Waals surface area contributed by atoms with Crippen LogP contribution in [-0.2, 0) is 16.9 Å². The lowest BCUT2D eigenvalue weighted by molar-refractivity contribution is 0.0599. The molecule has 0 aliphatic carbocycles. The van der Waals surface area contributed by atoms with Crippen molar-refractivity contribution in [2.45, 2.75) is 26.1 Å². The Morgan fingerprint density at radius 3 is 2.50 bits per heavy atom. The number of aliphatic hydroxyl groups is 1. The van der Waals surface area contributed by atoms with Gasteiger partial charge in [0.05, 0.1) is 13.2 Å². The molecule has 1 atom stereocenters. The zero-order valence-electron chi connectivity index (χ0n) is 14.1. The van der Waals surface area contributed by atoms with Crippen LogP contribution in [0, 0.1) is 0 Å². The predicted molar refractivity (Wildman–Crippen MR) is 94.8 cm³/mol. The van der Waals surface area contributed by atoms with Crippen molar-refractivity contribution in [1.29, 1.82) is 0 Å². The third kappa shape index (κ3) is 5.08. The summed E-state index contributed by atoms with van der Waals surface area (Å²) in [7, 11) is 0. The Labute approximate surface area is 142 Å². The van der Waals surface area contributed by atoms with Crippen LogP contribution in [0.25, 0.3) is 0 Å². The Morgan fingerprint density at radius 1 is 1.12 bits per heavy atom. The fourth-order valence-corrected chi connectivity index (χ4v) is 2.30. The maximum atomic E-state index is 12.1. The van der Waals surface area contributed by atoms with Crippen molar-refractivity contribution in [2.24, 2.45) is 0 Å². The fourth-order valence-electron chi connectivity index (χ4n) is 2.30. The van der Waals surface area contributed by atoms with E-state index in [2.05, 4.69) is 10.6 Å². The number of ether oxygens (including phenoxy) is 1. The topological polar surface area (TPSA) is 70.6 Å². The van der Waals surface area contributed by atoms with Crippen molar-refractivity contribution in [1.82, 2.24) is 5.32 Å². The molecular weight excluding hydrogens is 304 g/mol. The minimum atomic E-state index is -1.14. The summed E-state index contributed by atoms with van der Waals surface area (Å²) in [6.45, 7) is 4.76. The summed E-state index contributed by atoms with van der Waals surface area (Å²) in [5, 5.41) is 16.0. The third-order valence-electron chi connectivity index (χ3n) is 3.72. The molecule has 0 radical (unpaired) electrons. The molecule has 3 N–H and O–H groups in total. The molecule has 5 heteroatoms. The number of hydrogen-bond donors (Lipinski definition) is 3. The zero-order valence-corrected chi connectivity index (χ0v) is 14.1. The molecule has 0 aliphatic heterocycles. The van der Waals surface area contributed by atoms with Gasteiger partial charge >= 0.3 is 6.03 Å². The smallest absolute Gasteiger partial charge is 0.319 e. The van der Waals surface area contributed by atoms with E-state index in [1.54, 1.807) is 6.92 Å². The molecule has 5 nitrogen and oxygen atoms in total. The van der Waals surface area contributed by atoms with Crippen LogP contribution in [-0.4, -0.2) is 24.3 Å². The lowest BCUT2D eigenvalue weighted by Gasteiger charge is -2.24. The second-order valence-electron chi connectivity index (χ2n) is 5.74. The summed E-state index contributed by atoms with van der Waals surface area (Å²) in [6, 6.07) is 16.4. The normalized spacial score (nSPS) is 13.1. The largest absolute Gasteiger partial charge is 0.384 e. The highest BCUT2D eigenvalue weighted by atomic mass is 16.5. The van der Waals surface area contributed by atoms with Gasteiger partial charge in [-0.25, -0.2) is 4.79 Å². The number of rotatable bonds is 7. The first-order chi connectivity index (χ1) is 11.5. The number of amides is 2. The molecule has 0 spiro atoms. The van der Waals surface area contributed by atoms with E-state index in [9.17, 15) is 9.90 Å². The summed E-state index contributed by atoms with van der Waals surface area (Å²) in [5.41, 5.74) is 1.22. The molecule has 0 aromatic heterocycles. The Morgan fingerprint density at radius 2 is 1.79 bits per heavy atom. The van der Waals surface area contributed by atoms with Crippen molar-refractivity contribution in [3.8, 4) is 0 Å². The van der Waals surface area contributed by atoms with E-state index >= 15 is 0 Å². The number of anilines is 1. The quantitative estimate of drug-likeness (QED) is 0.730. The van der Waals surface area contributed by atoms with Crippen LogP contribution in [0.5, 0.6) is 0 Å². The summed E-state index contributed by atoms with van der Waals surface area (Å²) in [6.07, 6.45) is 0. The molecule has 2 amide bonds. The lowest BCUT2D eigenvalue weighted by Crippen LogP contribution is -2.40. The molecule has 24 heavy (non-hydrogen) atoms. The first-order valence-corrected chi connectivity index (χ1v) is 8.01. The van der Waals surface area contributed by atoms with Gasteiger partial charge in [-0.2, -0.15) is 0 Å². The molecule has 128 valence electrons. The highest BCUT2D eigenvalue weighted by Gasteiger charge is 2.23. The summed E-state index contributed by atoms with van der Waals surface area (Å²) in [4.78, 5) is 12.1. The van der Waals surface area contributed by atoms with Gasteiger partial charge < -0.3 is 20.5 Å². The van der Waals surface area contributed by atoms with E-state index in [1.807, 2.05) is 61.5 Å². The summed E-state index contributed by atoms with van der Waals surface area (Å²) >= 11 is 0. The minimum Gasteiger partial charge on any atom is -0.384 e. The van der Waals surface area contributed by atoms with Crippen LogP contribution in [0.4, 0.5) is 10.5 Å². The minimum absolute atomic E-state index is 0.108. The molecule has 0 aliphatic rings. The molecule has 0 saturated carbocycles. The van der Waals surface area contributed by atoms with Crippen LogP contribution in [0.2, 0.25) is 0 Å². The number of carbonyl (C=O) groups is 1. The highest BCUT2D eigenvalue weighted by molar-refractivity contribution is 5.90. The van der Waals surface area contributed by atoms with Crippen LogP contribution in [0.3, 0.4) is 0 Å². The SMILES string of the molecule is CCOCc1ccccc1NC(=O)NCC(C)(O)c1ccccc1. The number of carbonyl (C=O) groups excluding carboxylic acids is 1. The van der Waals surface area contributed by atoms with Crippen molar-refractivity contribution < 1.29 is 14.6 Å². The second kappa shape index (κ2) is 8.47. The number of benzene rings is 2. The molecule has 1 unspecified atom stereocenters. The van der Waals surface area contributed by atoms with E-state index < -0.39 is 5.60 Å².